The van der Waals surface area contributed by atoms with E-state index in [4.69, 9.17) is 5.11 Å². The Morgan fingerprint density at radius 1 is 1.35 bits per heavy atom. The molecule has 0 aromatic carbocycles. The molecule has 112 valence electrons. The van der Waals surface area contributed by atoms with Crippen molar-refractivity contribution >= 4 is 16.0 Å². The van der Waals surface area contributed by atoms with Crippen molar-refractivity contribution in [1.29, 1.82) is 0 Å². The predicted molar refractivity (Wildman–Crippen MR) is 75.8 cm³/mol. The van der Waals surface area contributed by atoms with Gasteiger partial charge in [-0.1, -0.05) is 0 Å². The number of nitrogens with one attached hydrogen (secondary N) is 1. The smallest absolute Gasteiger partial charge is 0.303 e. The Hall–Kier alpha value is -1.47. The van der Waals surface area contributed by atoms with Gasteiger partial charge in [-0.15, -0.1) is 0 Å². The number of aromatic nitrogens is 1. The van der Waals surface area contributed by atoms with Gasteiger partial charge in [0.05, 0.1) is 5.75 Å². The number of hydrogen-bond acceptors (Lipinski definition) is 4. The first-order chi connectivity index (χ1) is 9.20. The zero-order chi connectivity index (χ0) is 15.2. The Bertz CT molecular complexity index is 541. The molecule has 0 aliphatic carbocycles. The number of nitrogens with zero attached hydrogens (tertiary/aromatic N) is 1. The molecule has 6 nitrogen and oxygen atoms in total. The van der Waals surface area contributed by atoms with Crippen LogP contribution in [0.1, 0.15) is 32.3 Å². The highest BCUT2D eigenvalue weighted by Crippen LogP contribution is 2.13. The second-order valence-corrected chi connectivity index (χ2v) is 7.15. The van der Waals surface area contributed by atoms with Gasteiger partial charge < -0.3 is 5.11 Å². The fourth-order valence-electron chi connectivity index (χ4n) is 1.74. The van der Waals surface area contributed by atoms with Gasteiger partial charge in [0.1, 0.15) is 0 Å². The molecule has 1 aromatic rings. The summed E-state index contributed by atoms with van der Waals surface area (Å²) in [7, 11) is -3.45. The summed E-state index contributed by atoms with van der Waals surface area (Å²) in [6.07, 6.45) is 3.81. The maximum absolute atomic E-state index is 12.0. The van der Waals surface area contributed by atoms with E-state index in [2.05, 4.69) is 9.71 Å². The van der Waals surface area contributed by atoms with Gasteiger partial charge in [0.25, 0.3) is 0 Å². The topological polar surface area (TPSA) is 96.4 Å². The van der Waals surface area contributed by atoms with E-state index in [1.54, 1.807) is 38.4 Å². The molecule has 1 heterocycles. The first kappa shape index (κ1) is 16.6. The lowest BCUT2D eigenvalue weighted by molar-refractivity contribution is -0.137. The Labute approximate surface area is 119 Å². The largest absolute Gasteiger partial charge is 0.481 e. The van der Waals surface area contributed by atoms with E-state index in [9.17, 15) is 13.2 Å². The second-order valence-electron chi connectivity index (χ2n) is 5.30. The van der Waals surface area contributed by atoms with Gasteiger partial charge in [-0.25, -0.2) is 13.1 Å². The monoisotopic (exact) mass is 300 g/mol. The fourth-order valence-corrected chi connectivity index (χ4v) is 3.29. The first-order valence-electron chi connectivity index (χ1n) is 6.32. The number of aliphatic carboxylic acids is 1. The molecule has 0 bridgehead atoms. The maximum atomic E-state index is 12.0. The minimum atomic E-state index is -3.45. The van der Waals surface area contributed by atoms with Crippen LogP contribution in [0.15, 0.2) is 24.5 Å². The molecule has 7 heteroatoms. The molecule has 0 aliphatic heterocycles. The van der Waals surface area contributed by atoms with E-state index < -0.39 is 21.5 Å². The third-order valence-electron chi connectivity index (χ3n) is 2.80. The van der Waals surface area contributed by atoms with Gasteiger partial charge in [-0.05, 0) is 44.4 Å². The van der Waals surface area contributed by atoms with Crippen LogP contribution < -0.4 is 4.72 Å². The average molecular weight is 300 g/mol. The Balaban J connectivity index is 2.54. The molecular formula is C13H20N2O4S. The van der Waals surface area contributed by atoms with E-state index >= 15 is 0 Å². The summed E-state index contributed by atoms with van der Waals surface area (Å²) < 4.78 is 26.5. The molecule has 0 aliphatic rings. The summed E-state index contributed by atoms with van der Waals surface area (Å²) >= 11 is 0. The SMILES string of the molecule is CC(C)(CCC(=O)O)NS(=O)(=O)CCc1ccncc1. The van der Waals surface area contributed by atoms with Crippen molar-refractivity contribution in [1.82, 2.24) is 9.71 Å². The number of carboxylic acids is 1. The van der Waals surface area contributed by atoms with Crippen LogP contribution >= 0.6 is 0 Å². The van der Waals surface area contributed by atoms with E-state index in [-0.39, 0.29) is 18.6 Å². The molecule has 0 radical (unpaired) electrons. The van der Waals surface area contributed by atoms with Crippen molar-refractivity contribution in [2.75, 3.05) is 5.75 Å². The predicted octanol–water partition coefficient (Wildman–Crippen LogP) is 1.19. The summed E-state index contributed by atoms with van der Waals surface area (Å²) in [5, 5.41) is 8.64. The molecule has 0 spiro atoms. The van der Waals surface area contributed by atoms with Gasteiger partial charge in [0, 0.05) is 24.4 Å². The van der Waals surface area contributed by atoms with Gasteiger partial charge in [0.15, 0.2) is 0 Å². The van der Waals surface area contributed by atoms with E-state index in [0.717, 1.165) is 5.56 Å². The zero-order valence-electron chi connectivity index (χ0n) is 11.7. The summed E-state index contributed by atoms with van der Waals surface area (Å²) in [5.74, 6) is -0.970. The van der Waals surface area contributed by atoms with Crippen molar-refractivity contribution < 1.29 is 18.3 Å². The van der Waals surface area contributed by atoms with Crippen LogP contribution in [-0.4, -0.2) is 35.8 Å². The van der Waals surface area contributed by atoms with Gasteiger partial charge in [-0.2, -0.15) is 0 Å². The van der Waals surface area contributed by atoms with Crippen LogP contribution in [0.5, 0.6) is 0 Å². The number of aryl methyl sites for hydroxylation is 1. The van der Waals surface area contributed by atoms with Crippen molar-refractivity contribution in [3.8, 4) is 0 Å². The minimum Gasteiger partial charge on any atom is -0.481 e. The number of carboxylic acid groups (broad SMARTS) is 1. The number of hydrogen-bond donors (Lipinski definition) is 2. The second kappa shape index (κ2) is 6.81. The van der Waals surface area contributed by atoms with Gasteiger partial charge in [0.2, 0.25) is 10.0 Å². The summed E-state index contributed by atoms with van der Waals surface area (Å²) in [5.41, 5.74) is 0.129. The fraction of sp³-hybridized carbons (Fsp3) is 0.538. The Kier molecular flexibility index (Phi) is 5.64. The molecule has 20 heavy (non-hydrogen) atoms. The third kappa shape index (κ3) is 6.63. The minimum absolute atomic E-state index is 0.0342. The average Bonchev–Trinajstić information content (AvgIpc) is 2.34. The van der Waals surface area contributed by atoms with E-state index in [1.165, 1.54) is 0 Å². The number of rotatable bonds is 8. The molecule has 0 atom stereocenters. The van der Waals surface area contributed by atoms with Crippen molar-refractivity contribution in [3.63, 3.8) is 0 Å². The quantitative estimate of drug-likeness (QED) is 0.751. The van der Waals surface area contributed by atoms with Crippen molar-refractivity contribution in [2.45, 2.75) is 38.6 Å². The Morgan fingerprint density at radius 2 is 1.95 bits per heavy atom. The van der Waals surface area contributed by atoms with Crippen LogP contribution in [0.2, 0.25) is 0 Å². The van der Waals surface area contributed by atoms with Crippen LogP contribution in [-0.2, 0) is 21.2 Å². The zero-order valence-corrected chi connectivity index (χ0v) is 12.5. The molecule has 0 fully saturated rings. The normalized spacial score (nSPS) is 12.3. The molecule has 0 unspecified atom stereocenters. The Morgan fingerprint density at radius 3 is 2.50 bits per heavy atom. The van der Waals surface area contributed by atoms with Crippen LogP contribution in [0, 0.1) is 0 Å². The maximum Gasteiger partial charge on any atom is 0.303 e. The van der Waals surface area contributed by atoms with E-state index in [0.29, 0.717) is 6.42 Å². The van der Waals surface area contributed by atoms with Gasteiger partial charge >= 0.3 is 5.97 Å². The van der Waals surface area contributed by atoms with Crippen molar-refractivity contribution in [2.24, 2.45) is 0 Å². The van der Waals surface area contributed by atoms with Crippen LogP contribution in [0.3, 0.4) is 0 Å². The first-order valence-corrected chi connectivity index (χ1v) is 7.98. The molecule has 0 amide bonds. The molecule has 0 saturated carbocycles. The van der Waals surface area contributed by atoms with E-state index in [1.807, 2.05) is 0 Å². The molecule has 2 N–H and O–H groups in total. The van der Waals surface area contributed by atoms with Crippen LogP contribution in [0.25, 0.3) is 0 Å². The summed E-state index contributed by atoms with van der Waals surface area (Å²) in [4.78, 5) is 14.4. The highest BCUT2D eigenvalue weighted by Gasteiger charge is 2.25. The number of carbonyl (C=O) groups is 1. The number of pyridine rings is 1. The number of sulfonamides is 1. The lowest BCUT2D eigenvalue weighted by Gasteiger charge is -2.25. The summed E-state index contributed by atoms with van der Waals surface area (Å²) in [6.45, 7) is 3.36. The molecule has 1 aromatic heterocycles. The van der Waals surface area contributed by atoms with Crippen molar-refractivity contribution in [3.05, 3.63) is 30.1 Å². The standard InChI is InChI=1S/C13H20N2O4S/c1-13(2,7-3-12(16)17)15-20(18,19)10-6-11-4-8-14-9-5-11/h4-5,8-9,15H,3,6-7,10H2,1-2H3,(H,16,17). The molecule has 0 saturated heterocycles. The summed E-state index contributed by atoms with van der Waals surface area (Å²) in [6, 6.07) is 3.54. The molecule has 1 rings (SSSR count). The third-order valence-corrected chi connectivity index (χ3v) is 4.41. The highest BCUT2D eigenvalue weighted by atomic mass is 32.2. The lowest BCUT2D eigenvalue weighted by Crippen LogP contribution is -2.44. The highest BCUT2D eigenvalue weighted by molar-refractivity contribution is 7.89. The lowest BCUT2D eigenvalue weighted by atomic mass is 10.0. The van der Waals surface area contributed by atoms with Crippen LogP contribution in [0.4, 0.5) is 0 Å². The van der Waals surface area contributed by atoms with Gasteiger partial charge in [-0.3, -0.25) is 9.78 Å². The molecular weight excluding hydrogens is 280 g/mol.